The van der Waals surface area contributed by atoms with Crippen molar-refractivity contribution in [1.29, 1.82) is 0 Å². The topological polar surface area (TPSA) is 84.7 Å². The van der Waals surface area contributed by atoms with E-state index in [2.05, 4.69) is 0 Å². The number of amides is 1. The predicted octanol–water partition coefficient (Wildman–Crippen LogP) is 3.84. The summed E-state index contributed by atoms with van der Waals surface area (Å²) in [5.41, 5.74) is 1.79. The van der Waals surface area contributed by atoms with Crippen molar-refractivity contribution in [1.82, 2.24) is 4.90 Å². The Bertz CT molecular complexity index is 1320. The van der Waals surface area contributed by atoms with Gasteiger partial charge in [0.25, 0.3) is 5.91 Å². The molecule has 1 aliphatic rings. The van der Waals surface area contributed by atoms with Crippen LogP contribution in [0.15, 0.2) is 57.7 Å². The maximum atomic E-state index is 13.4. The third-order valence-electron chi connectivity index (χ3n) is 5.56. The maximum absolute atomic E-state index is 13.4. The number of halogens is 1. The van der Waals surface area contributed by atoms with E-state index in [4.69, 9.17) is 16.0 Å². The third-order valence-corrected chi connectivity index (χ3v) is 7.55. The van der Waals surface area contributed by atoms with Crippen LogP contribution in [0, 0.1) is 0 Å². The average molecular weight is 460 g/mol. The number of rotatable bonds is 5. The monoisotopic (exact) mass is 459 g/mol. The molecule has 0 radical (unpaired) electrons. The fourth-order valence-corrected chi connectivity index (χ4v) is 5.83. The highest BCUT2D eigenvalue weighted by Crippen LogP contribution is 2.24. The van der Waals surface area contributed by atoms with Gasteiger partial charge >= 0.3 is 0 Å². The van der Waals surface area contributed by atoms with E-state index < -0.39 is 21.8 Å². The van der Waals surface area contributed by atoms with Crippen molar-refractivity contribution in [3.8, 4) is 0 Å². The Kier molecular flexibility index (Phi) is 5.90. The van der Waals surface area contributed by atoms with Gasteiger partial charge in [-0.3, -0.25) is 9.59 Å². The number of carbonyl (C=O) groups excluding carboxylic acids is 1. The number of nitrogens with zero attached hydrogens (tertiary/aromatic N) is 1. The molecule has 31 heavy (non-hydrogen) atoms. The fraction of sp³-hybridized carbons (Fsp3) is 0.304. The Hall–Kier alpha value is -2.64. The Labute approximate surface area is 185 Å². The molecule has 1 atom stereocenters. The first-order valence-electron chi connectivity index (χ1n) is 10.1. The zero-order valence-electron chi connectivity index (χ0n) is 17.0. The Morgan fingerprint density at radius 1 is 1.16 bits per heavy atom. The molecular formula is C23H22ClNO5S. The third kappa shape index (κ3) is 4.67. The summed E-state index contributed by atoms with van der Waals surface area (Å²) in [6.45, 7) is 2.15. The van der Waals surface area contributed by atoms with Gasteiger partial charge < -0.3 is 9.32 Å². The molecule has 4 rings (SSSR count). The van der Waals surface area contributed by atoms with E-state index in [1.165, 1.54) is 11.0 Å². The highest BCUT2D eigenvalue weighted by molar-refractivity contribution is 7.91. The van der Waals surface area contributed by atoms with Crippen LogP contribution >= 0.6 is 11.6 Å². The molecule has 0 saturated carbocycles. The lowest BCUT2D eigenvalue weighted by Gasteiger charge is -2.28. The molecule has 162 valence electrons. The van der Waals surface area contributed by atoms with Crippen molar-refractivity contribution in [2.45, 2.75) is 32.4 Å². The molecule has 6 nitrogen and oxygen atoms in total. The van der Waals surface area contributed by atoms with Gasteiger partial charge in [-0.1, -0.05) is 36.7 Å². The molecule has 1 fully saturated rings. The number of fused-ring (bicyclic) bond motifs is 1. The van der Waals surface area contributed by atoms with Gasteiger partial charge in [0.05, 0.1) is 16.9 Å². The van der Waals surface area contributed by atoms with Crippen molar-refractivity contribution < 1.29 is 17.6 Å². The Morgan fingerprint density at radius 3 is 2.65 bits per heavy atom. The summed E-state index contributed by atoms with van der Waals surface area (Å²) in [6.07, 6.45) is 1.12. The quantitative estimate of drug-likeness (QED) is 0.578. The Morgan fingerprint density at radius 2 is 1.97 bits per heavy atom. The van der Waals surface area contributed by atoms with E-state index in [0.29, 0.717) is 22.4 Å². The van der Waals surface area contributed by atoms with Crippen LogP contribution in [0.4, 0.5) is 0 Å². The van der Waals surface area contributed by atoms with Crippen LogP contribution in [-0.2, 0) is 22.8 Å². The minimum atomic E-state index is -3.22. The number of hydrogen-bond acceptors (Lipinski definition) is 5. The molecule has 0 spiro atoms. The van der Waals surface area contributed by atoms with Crippen LogP contribution < -0.4 is 5.43 Å². The standard InChI is InChI=1S/C23H22ClNO5S/c1-2-15-6-7-21-19(11-15)20(26)12-22(30-21)23(27)25(18-8-9-31(28,29)14-18)13-16-4-3-5-17(24)10-16/h3-7,10-12,18H,2,8-9,13-14H2,1H3. The maximum Gasteiger partial charge on any atom is 0.290 e. The van der Waals surface area contributed by atoms with Crippen molar-refractivity contribution >= 4 is 38.3 Å². The average Bonchev–Trinajstić information content (AvgIpc) is 3.10. The summed E-state index contributed by atoms with van der Waals surface area (Å²) in [6, 6.07) is 13.0. The highest BCUT2D eigenvalue weighted by Gasteiger charge is 2.36. The van der Waals surface area contributed by atoms with Gasteiger partial charge in [0.1, 0.15) is 5.58 Å². The van der Waals surface area contributed by atoms with E-state index in [9.17, 15) is 18.0 Å². The summed E-state index contributed by atoms with van der Waals surface area (Å²) >= 11 is 6.08. The molecule has 8 heteroatoms. The normalized spacial score (nSPS) is 17.7. The molecule has 0 N–H and O–H groups in total. The smallest absolute Gasteiger partial charge is 0.290 e. The molecule has 1 aliphatic heterocycles. The summed E-state index contributed by atoms with van der Waals surface area (Å²) < 4.78 is 29.9. The van der Waals surface area contributed by atoms with Gasteiger partial charge in [-0.05, 0) is 48.2 Å². The lowest BCUT2D eigenvalue weighted by atomic mass is 10.1. The Balaban J connectivity index is 1.73. The first kappa shape index (κ1) is 21.6. The molecule has 1 saturated heterocycles. The van der Waals surface area contributed by atoms with E-state index >= 15 is 0 Å². The van der Waals surface area contributed by atoms with Crippen molar-refractivity contribution in [3.63, 3.8) is 0 Å². The zero-order chi connectivity index (χ0) is 22.2. The summed E-state index contributed by atoms with van der Waals surface area (Å²) in [5, 5.41) is 0.939. The second-order valence-corrected chi connectivity index (χ2v) is 10.4. The molecule has 0 aliphatic carbocycles. The van der Waals surface area contributed by atoms with Crippen molar-refractivity contribution in [2.24, 2.45) is 0 Å². The van der Waals surface area contributed by atoms with E-state index in [1.54, 1.807) is 30.3 Å². The first-order valence-corrected chi connectivity index (χ1v) is 12.3. The molecular weight excluding hydrogens is 438 g/mol. The lowest BCUT2D eigenvalue weighted by molar-refractivity contribution is 0.0648. The van der Waals surface area contributed by atoms with Crippen LogP contribution in [0.5, 0.6) is 0 Å². The van der Waals surface area contributed by atoms with E-state index in [0.717, 1.165) is 17.5 Å². The molecule has 1 unspecified atom stereocenters. The number of aryl methyl sites for hydroxylation is 1. The second kappa shape index (κ2) is 8.48. The van der Waals surface area contributed by atoms with Crippen LogP contribution in [0.25, 0.3) is 11.0 Å². The second-order valence-electron chi connectivity index (χ2n) is 7.78. The number of carbonyl (C=O) groups is 1. The van der Waals surface area contributed by atoms with Gasteiger partial charge in [-0.25, -0.2) is 8.42 Å². The molecule has 2 heterocycles. The number of sulfone groups is 1. The van der Waals surface area contributed by atoms with Crippen molar-refractivity contribution in [3.05, 3.63) is 80.7 Å². The highest BCUT2D eigenvalue weighted by atomic mass is 35.5. The van der Waals surface area contributed by atoms with Crippen molar-refractivity contribution in [2.75, 3.05) is 11.5 Å². The number of benzene rings is 2. The fourth-order valence-electron chi connectivity index (χ4n) is 3.89. The number of hydrogen-bond donors (Lipinski definition) is 0. The minimum absolute atomic E-state index is 0.0262. The van der Waals surface area contributed by atoms with Gasteiger partial charge in [-0.2, -0.15) is 0 Å². The van der Waals surface area contributed by atoms with Crippen LogP contribution in [0.2, 0.25) is 5.02 Å². The summed E-state index contributed by atoms with van der Waals surface area (Å²) in [4.78, 5) is 27.6. The summed E-state index contributed by atoms with van der Waals surface area (Å²) in [7, 11) is -3.22. The molecule has 2 aromatic carbocycles. The van der Waals surface area contributed by atoms with Gasteiger partial charge in [0, 0.05) is 23.7 Å². The molecule has 1 amide bonds. The molecule has 3 aromatic rings. The van der Waals surface area contributed by atoms with Gasteiger partial charge in [-0.15, -0.1) is 0 Å². The largest absolute Gasteiger partial charge is 0.451 e. The van der Waals surface area contributed by atoms with Crippen LogP contribution in [0.1, 0.15) is 35.0 Å². The van der Waals surface area contributed by atoms with Crippen LogP contribution in [-0.4, -0.2) is 36.8 Å². The van der Waals surface area contributed by atoms with Gasteiger partial charge in [0.2, 0.25) is 0 Å². The van der Waals surface area contributed by atoms with Gasteiger partial charge in [0.15, 0.2) is 21.0 Å². The molecule has 0 bridgehead atoms. The summed E-state index contributed by atoms with van der Waals surface area (Å²) in [5.74, 6) is -0.705. The SMILES string of the molecule is CCc1ccc2oc(C(=O)N(Cc3cccc(Cl)c3)C3CCS(=O)(=O)C3)cc(=O)c2c1. The zero-order valence-corrected chi connectivity index (χ0v) is 18.6. The van der Waals surface area contributed by atoms with E-state index in [1.807, 2.05) is 19.1 Å². The minimum Gasteiger partial charge on any atom is -0.451 e. The van der Waals surface area contributed by atoms with E-state index in [-0.39, 0.29) is 29.2 Å². The molecule has 1 aromatic heterocycles. The lowest BCUT2D eigenvalue weighted by Crippen LogP contribution is -2.40. The predicted molar refractivity (Wildman–Crippen MR) is 120 cm³/mol. The van der Waals surface area contributed by atoms with Crippen LogP contribution in [0.3, 0.4) is 0 Å². The first-order chi connectivity index (χ1) is 14.8.